The lowest BCUT2D eigenvalue weighted by atomic mass is 9.88. The van der Waals surface area contributed by atoms with Crippen molar-refractivity contribution in [2.24, 2.45) is 17.8 Å². The smallest absolute Gasteiger partial charge is 0.227 e. The van der Waals surface area contributed by atoms with E-state index in [4.69, 9.17) is 0 Å². The Morgan fingerprint density at radius 3 is 2.64 bits per heavy atom. The molecule has 3 unspecified atom stereocenters. The van der Waals surface area contributed by atoms with E-state index in [1.807, 2.05) is 24.3 Å². The summed E-state index contributed by atoms with van der Waals surface area (Å²) in [5.41, 5.74) is 1.82. The van der Waals surface area contributed by atoms with Gasteiger partial charge in [0.05, 0.1) is 0 Å². The van der Waals surface area contributed by atoms with Gasteiger partial charge in [-0.2, -0.15) is 0 Å². The highest BCUT2D eigenvalue weighted by Gasteiger charge is 2.43. The van der Waals surface area contributed by atoms with Crippen LogP contribution in [0.2, 0.25) is 0 Å². The molecule has 0 spiro atoms. The van der Waals surface area contributed by atoms with E-state index in [1.54, 1.807) is 18.9 Å². The van der Waals surface area contributed by atoms with Crippen molar-refractivity contribution in [1.82, 2.24) is 4.90 Å². The van der Waals surface area contributed by atoms with Crippen molar-refractivity contribution < 1.29 is 9.59 Å². The molecule has 118 valence electrons. The molecule has 4 nitrogen and oxygen atoms in total. The maximum absolute atomic E-state index is 12.6. The fourth-order valence-corrected chi connectivity index (χ4v) is 3.94. The van der Waals surface area contributed by atoms with Crippen LogP contribution in [-0.2, 0) is 16.1 Å². The molecule has 0 saturated heterocycles. The van der Waals surface area contributed by atoms with E-state index in [-0.39, 0.29) is 17.7 Å². The van der Waals surface area contributed by atoms with Crippen LogP contribution in [0.4, 0.5) is 5.69 Å². The molecule has 2 amide bonds. The van der Waals surface area contributed by atoms with Crippen LogP contribution in [0.15, 0.2) is 24.3 Å². The van der Waals surface area contributed by atoms with E-state index in [1.165, 1.54) is 19.3 Å². The molecule has 4 heteroatoms. The minimum Gasteiger partial charge on any atom is -0.342 e. The summed E-state index contributed by atoms with van der Waals surface area (Å²) in [6.07, 6.45) is 4.78. The molecule has 1 aromatic carbocycles. The van der Waals surface area contributed by atoms with E-state index in [9.17, 15) is 9.59 Å². The SMILES string of the molecule is CC(=O)N(C)Cc1ccccc1NC(=O)C1CC2CCC1C2. The van der Waals surface area contributed by atoms with Crippen LogP contribution in [0.5, 0.6) is 0 Å². The molecule has 0 aliphatic heterocycles. The molecule has 2 aliphatic rings. The monoisotopic (exact) mass is 300 g/mol. The summed E-state index contributed by atoms with van der Waals surface area (Å²) in [6.45, 7) is 2.07. The van der Waals surface area contributed by atoms with Gasteiger partial charge in [0.25, 0.3) is 0 Å². The molecule has 1 aromatic rings. The molecule has 2 fully saturated rings. The number of para-hydroxylation sites is 1. The quantitative estimate of drug-likeness (QED) is 0.929. The largest absolute Gasteiger partial charge is 0.342 e. The highest BCUT2D eigenvalue weighted by Crippen LogP contribution is 2.48. The van der Waals surface area contributed by atoms with Gasteiger partial charge < -0.3 is 10.2 Å². The van der Waals surface area contributed by atoms with Gasteiger partial charge in [0.2, 0.25) is 11.8 Å². The number of carbonyl (C=O) groups excluding carboxylic acids is 2. The minimum absolute atomic E-state index is 0.0224. The van der Waals surface area contributed by atoms with Crippen LogP contribution in [0.3, 0.4) is 0 Å². The van der Waals surface area contributed by atoms with Crippen LogP contribution < -0.4 is 5.32 Å². The van der Waals surface area contributed by atoms with Gasteiger partial charge in [-0.1, -0.05) is 24.6 Å². The second-order valence-corrected chi connectivity index (χ2v) is 6.80. The van der Waals surface area contributed by atoms with Crippen LogP contribution >= 0.6 is 0 Å². The highest BCUT2D eigenvalue weighted by atomic mass is 16.2. The molecule has 22 heavy (non-hydrogen) atoms. The number of hydrogen-bond donors (Lipinski definition) is 1. The molecular formula is C18H24N2O2. The van der Waals surface area contributed by atoms with Gasteiger partial charge in [-0.05, 0) is 42.7 Å². The number of fused-ring (bicyclic) bond motifs is 2. The Morgan fingerprint density at radius 1 is 1.23 bits per heavy atom. The molecule has 3 atom stereocenters. The van der Waals surface area contributed by atoms with Crippen molar-refractivity contribution in [1.29, 1.82) is 0 Å². The zero-order valence-electron chi connectivity index (χ0n) is 13.3. The fourth-order valence-electron chi connectivity index (χ4n) is 3.94. The summed E-state index contributed by atoms with van der Waals surface area (Å²) in [7, 11) is 1.77. The minimum atomic E-state index is 0.0224. The van der Waals surface area contributed by atoms with Gasteiger partial charge in [0.15, 0.2) is 0 Å². The van der Waals surface area contributed by atoms with Crippen molar-refractivity contribution in [2.45, 2.75) is 39.2 Å². The summed E-state index contributed by atoms with van der Waals surface area (Å²) >= 11 is 0. The Morgan fingerprint density at radius 2 is 2.00 bits per heavy atom. The van der Waals surface area contributed by atoms with Crippen molar-refractivity contribution in [3.05, 3.63) is 29.8 Å². The predicted octanol–water partition coefficient (Wildman–Crippen LogP) is 3.04. The maximum Gasteiger partial charge on any atom is 0.227 e. The molecule has 0 aromatic heterocycles. The van der Waals surface area contributed by atoms with Gasteiger partial charge in [-0.25, -0.2) is 0 Å². The maximum atomic E-state index is 12.6. The number of nitrogens with zero attached hydrogens (tertiary/aromatic N) is 1. The van der Waals surface area contributed by atoms with Crippen LogP contribution in [0.1, 0.15) is 38.2 Å². The Hall–Kier alpha value is -1.84. The van der Waals surface area contributed by atoms with Crippen LogP contribution in [0, 0.1) is 17.8 Å². The van der Waals surface area contributed by atoms with Crippen molar-refractivity contribution in [2.75, 3.05) is 12.4 Å². The third-order valence-electron chi connectivity index (χ3n) is 5.30. The number of carbonyl (C=O) groups is 2. The van der Waals surface area contributed by atoms with Crippen molar-refractivity contribution >= 4 is 17.5 Å². The first-order chi connectivity index (χ1) is 10.5. The lowest BCUT2D eigenvalue weighted by Crippen LogP contribution is -2.28. The summed E-state index contributed by atoms with van der Waals surface area (Å²) in [5.74, 6) is 1.70. The van der Waals surface area contributed by atoms with Gasteiger partial charge >= 0.3 is 0 Å². The number of amides is 2. The normalized spacial score (nSPS) is 26.0. The topological polar surface area (TPSA) is 49.4 Å². The Balaban J connectivity index is 1.69. The molecular weight excluding hydrogens is 276 g/mol. The predicted molar refractivity (Wildman–Crippen MR) is 86.2 cm³/mol. The molecule has 0 heterocycles. The van der Waals surface area contributed by atoms with Gasteiger partial charge in [0.1, 0.15) is 0 Å². The van der Waals surface area contributed by atoms with E-state index < -0.39 is 0 Å². The van der Waals surface area contributed by atoms with E-state index in [0.29, 0.717) is 12.5 Å². The average molecular weight is 300 g/mol. The lowest BCUT2D eigenvalue weighted by molar-refractivity contribution is -0.128. The Labute approximate surface area is 131 Å². The third-order valence-corrected chi connectivity index (χ3v) is 5.30. The number of rotatable bonds is 4. The fraction of sp³-hybridized carbons (Fsp3) is 0.556. The molecule has 3 rings (SSSR count). The molecule has 2 saturated carbocycles. The van der Waals surface area contributed by atoms with Gasteiger partial charge in [-0.15, -0.1) is 0 Å². The number of benzene rings is 1. The van der Waals surface area contributed by atoms with Crippen molar-refractivity contribution in [3.63, 3.8) is 0 Å². The van der Waals surface area contributed by atoms with Gasteiger partial charge in [-0.3, -0.25) is 9.59 Å². The Bertz CT molecular complexity index is 584. The van der Waals surface area contributed by atoms with E-state index in [0.717, 1.165) is 23.6 Å². The molecule has 2 aliphatic carbocycles. The standard InChI is InChI=1S/C18H24N2O2/c1-12(21)20(2)11-15-5-3-4-6-17(15)19-18(22)16-10-13-7-8-14(16)9-13/h3-6,13-14,16H,7-11H2,1-2H3,(H,19,22). The summed E-state index contributed by atoms with van der Waals surface area (Å²) in [5, 5.41) is 3.10. The highest BCUT2D eigenvalue weighted by molar-refractivity contribution is 5.93. The van der Waals surface area contributed by atoms with E-state index >= 15 is 0 Å². The number of nitrogens with one attached hydrogen (secondary N) is 1. The summed E-state index contributed by atoms with van der Waals surface area (Å²) in [6, 6.07) is 7.76. The molecule has 2 bridgehead atoms. The Kier molecular flexibility index (Phi) is 4.19. The molecule has 1 N–H and O–H groups in total. The summed E-state index contributed by atoms with van der Waals surface area (Å²) < 4.78 is 0. The van der Waals surface area contributed by atoms with Crippen LogP contribution in [0.25, 0.3) is 0 Å². The first-order valence-electron chi connectivity index (χ1n) is 8.15. The molecule has 0 radical (unpaired) electrons. The zero-order valence-corrected chi connectivity index (χ0v) is 13.3. The lowest BCUT2D eigenvalue weighted by Gasteiger charge is -2.22. The average Bonchev–Trinajstić information content (AvgIpc) is 3.11. The van der Waals surface area contributed by atoms with E-state index in [2.05, 4.69) is 5.32 Å². The van der Waals surface area contributed by atoms with Crippen LogP contribution in [-0.4, -0.2) is 23.8 Å². The second kappa shape index (κ2) is 6.11. The third kappa shape index (κ3) is 3.01. The zero-order chi connectivity index (χ0) is 15.7. The second-order valence-electron chi connectivity index (χ2n) is 6.80. The number of hydrogen-bond acceptors (Lipinski definition) is 2. The first kappa shape index (κ1) is 15.1. The first-order valence-corrected chi connectivity index (χ1v) is 8.15. The van der Waals surface area contributed by atoms with Crippen molar-refractivity contribution in [3.8, 4) is 0 Å². The number of anilines is 1. The summed E-state index contributed by atoms with van der Waals surface area (Å²) in [4.78, 5) is 25.7. The van der Waals surface area contributed by atoms with Gasteiger partial charge in [0, 0.05) is 32.1 Å².